The van der Waals surface area contributed by atoms with E-state index in [0.717, 1.165) is 28.8 Å². The van der Waals surface area contributed by atoms with Crippen LogP contribution in [0.25, 0.3) is 0 Å². The van der Waals surface area contributed by atoms with Crippen LogP contribution in [0.4, 0.5) is 18.9 Å². The fraction of sp³-hybridized carbons (Fsp3) is 0.367. The predicted molar refractivity (Wildman–Crippen MR) is 148 cm³/mol. The van der Waals surface area contributed by atoms with Crippen LogP contribution >= 0.6 is 11.6 Å². The number of hydrogen-bond acceptors (Lipinski definition) is 4. The van der Waals surface area contributed by atoms with E-state index >= 15 is 0 Å². The molecule has 1 amide bonds. The minimum atomic E-state index is -4.38. The van der Waals surface area contributed by atoms with Crippen LogP contribution in [0.5, 0.6) is 0 Å². The van der Waals surface area contributed by atoms with Gasteiger partial charge < -0.3 is 15.1 Å². The summed E-state index contributed by atoms with van der Waals surface area (Å²) in [5.41, 5.74) is 2.05. The summed E-state index contributed by atoms with van der Waals surface area (Å²) in [5, 5.41) is 4.31. The highest BCUT2D eigenvalue weighted by atomic mass is 35.5. The molecule has 5 nitrogen and oxygen atoms in total. The first-order valence-corrected chi connectivity index (χ1v) is 13.6. The maximum atomic E-state index is 13.8. The molecule has 1 N–H and O–H groups in total. The summed E-state index contributed by atoms with van der Waals surface area (Å²) >= 11 is 6.34. The van der Waals surface area contributed by atoms with Crippen molar-refractivity contribution < 1.29 is 18.0 Å². The fourth-order valence-corrected chi connectivity index (χ4v) is 5.67. The van der Waals surface area contributed by atoms with E-state index in [1.165, 1.54) is 12.1 Å². The molecule has 0 bridgehead atoms. The Morgan fingerprint density at radius 2 is 1.64 bits per heavy atom. The van der Waals surface area contributed by atoms with Gasteiger partial charge in [0.2, 0.25) is 5.91 Å². The van der Waals surface area contributed by atoms with Gasteiger partial charge in [-0.1, -0.05) is 66.2 Å². The minimum Gasteiger partial charge on any atom is -0.368 e. The molecule has 2 fully saturated rings. The molecule has 39 heavy (non-hydrogen) atoms. The van der Waals surface area contributed by atoms with Crippen LogP contribution in [-0.2, 0) is 24.1 Å². The summed E-state index contributed by atoms with van der Waals surface area (Å²) in [5.74, 6) is 0.0802. The quantitative estimate of drug-likeness (QED) is 0.421. The van der Waals surface area contributed by atoms with Crippen molar-refractivity contribution in [1.82, 2.24) is 15.1 Å². The Morgan fingerprint density at radius 3 is 2.36 bits per heavy atom. The van der Waals surface area contributed by atoms with Crippen molar-refractivity contribution in [3.63, 3.8) is 0 Å². The number of nitrogens with one attached hydrogen (secondary N) is 1. The molecule has 0 saturated carbocycles. The van der Waals surface area contributed by atoms with Gasteiger partial charge in [0.15, 0.2) is 0 Å². The van der Waals surface area contributed by atoms with E-state index in [1.54, 1.807) is 6.07 Å². The van der Waals surface area contributed by atoms with E-state index in [9.17, 15) is 18.0 Å². The van der Waals surface area contributed by atoms with Crippen molar-refractivity contribution >= 4 is 23.2 Å². The van der Waals surface area contributed by atoms with E-state index in [0.29, 0.717) is 51.4 Å². The maximum absolute atomic E-state index is 13.8. The highest BCUT2D eigenvalue weighted by Gasteiger charge is 2.39. The molecule has 5 rings (SSSR count). The van der Waals surface area contributed by atoms with Gasteiger partial charge in [-0.3, -0.25) is 9.69 Å². The summed E-state index contributed by atoms with van der Waals surface area (Å²) < 4.78 is 39.6. The third-order valence-electron chi connectivity index (χ3n) is 7.59. The lowest BCUT2D eigenvalue weighted by molar-refractivity contribution is -0.137. The molecular formula is C30H32ClF3N4O. The van der Waals surface area contributed by atoms with E-state index in [-0.39, 0.29) is 18.0 Å². The summed E-state index contributed by atoms with van der Waals surface area (Å²) in [4.78, 5) is 19.8. The molecule has 2 aliphatic rings. The number of anilines is 1. The number of benzene rings is 3. The number of likely N-dealkylation sites (tertiary alicyclic amines) is 1. The molecule has 0 unspecified atom stereocenters. The second-order valence-electron chi connectivity index (χ2n) is 10.2. The van der Waals surface area contributed by atoms with Gasteiger partial charge in [-0.25, -0.2) is 0 Å². The zero-order chi connectivity index (χ0) is 27.4. The molecule has 206 valence electrons. The van der Waals surface area contributed by atoms with Crippen LogP contribution in [-0.4, -0.2) is 60.5 Å². The number of halogens is 4. The van der Waals surface area contributed by atoms with Gasteiger partial charge in [0.25, 0.3) is 0 Å². The average Bonchev–Trinajstić information content (AvgIpc) is 3.35. The number of carbonyl (C=O) groups excluding carboxylic acids is 1. The summed E-state index contributed by atoms with van der Waals surface area (Å²) in [6.45, 7) is 3.97. The van der Waals surface area contributed by atoms with Gasteiger partial charge in [0, 0.05) is 62.6 Å². The largest absolute Gasteiger partial charge is 0.416 e. The minimum absolute atomic E-state index is 0.0802. The van der Waals surface area contributed by atoms with Crippen molar-refractivity contribution in [1.29, 1.82) is 0 Å². The van der Waals surface area contributed by atoms with Crippen LogP contribution in [0.3, 0.4) is 0 Å². The third-order valence-corrected chi connectivity index (χ3v) is 7.95. The molecule has 0 aliphatic carbocycles. The first-order chi connectivity index (χ1) is 18.8. The first kappa shape index (κ1) is 27.5. The standard InChI is InChI=1S/C30H32ClF3N4O/c31-27-12-5-4-9-23(27)19-35-25-18-28(38(21-25)20-22-7-2-1-3-8-22)29(39)37-15-13-36(14-16-37)26-11-6-10-24(17-26)30(32,33)34/h1-12,17,25,28,35H,13-16,18-21H2/t25-,28-/m0/s1. The summed E-state index contributed by atoms with van der Waals surface area (Å²) in [7, 11) is 0. The zero-order valence-corrected chi connectivity index (χ0v) is 22.3. The van der Waals surface area contributed by atoms with Crippen LogP contribution in [0.15, 0.2) is 78.9 Å². The molecule has 3 aromatic rings. The Morgan fingerprint density at radius 1 is 0.923 bits per heavy atom. The molecular weight excluding hydrogens is 525 g/mol. The second kappa shape index (κ2) is 12.0. The molecule has 2 saturated heterocycles. The van der Waals surface area contributed by atoms with Crippen molar-refractivity contribution in [3.05, 3.63) is 101 Å². The number of rotatable bonds is 7. The predicted octanol–water partition coefficient (Wildman–Crippen LogP) is 5.44. The van der Waals surface area contributed by atoms with E-state index in [2.05, 4.69) is 22.3 Å². The fourth-order valence-electron chi connectivity index (χ4n) is 5.47. The first-order valence-electron chi connectivity index (χ1n) is 13.2. The Bertz CT molecular complexity index is 1260. The molecule has 2 aliphatic heterocycles. The van der Waals surface area contributed by atoms with Crippen LogP contribution in [0.1, 0.15) is 23.1 Å². The summed E-state index contributed by atoms with van der Waals surface area (Å²) in [6, 6.07) is 23.1. The van der Waals surface area contributed by atoms with E-state index < -0.39 is 11.7 Å². The van der Waals surface area contributed by atoms with Gasteiger partial charge in [-0.2, -0.15) is 13.2 Å². The highest BCUT2D eigenvalue weighted by molar-refractivity contribution is 6.31. The van der Waals surface area contributed by atoms with Gasteiger partial charge >= 0.3 is 6.18 Å². The smallest absolute Gasteiger partial charge is 0.368 e. The number of hydrogen-bond donors (Lipinski definition) is 1. The second-order valence-corrected chi connectivity index (χ2v) is 10.6. The Kier molecular flexibility index (Phi) is 8.45. The summed E-state index contributed by atoms with van der Waals surface area (Å²) in [6.07, 6.45) is -3.70. The zero-order valence-electron chi connectivity index (χ0n) is 21.6. The SMILES string of the molecule is O=C([C@@H]1C[C@H](NCc2ccccc2Cl)CN1Cc1ccccc1)N1CCN(c2cccc(C(F)(F)F)c2)CC1. The lowest BCUT2D eigenvalue weighted by Gasteiger charge is -2.38. The third kappa shape index (κ3) is 6.75. The maximum Gasteiger partial charge on any atom is 0.416 e. The van der Waals surface area contributed by atoms with Crippen LogP contribution < -0.4 is 10.2 Å². The van der Waals surface area contributed by atoms with Crippen molar-refractivity contribution in [2.75, 3.05) is 37.6 Å². The van der Waals surface area contributed by atoms with Gasteiger partial charge in [-0.05, 0) is 41.8 Å². The Hall–Kier alpha value is -3.07. The van der Waals surface area contributed by atoms with E-state index in [1.807, 2.05) is 52.3 Å². The number of nitrogens with zero attached hydrogens (tertiary/aromatic N) is 3. The lowest BCUT2D eigenvalue weighted by atomic mass is 10.1. The van der Waals surface area contributed by atoms with E-state index in [4.69, 9.17) is 11.6 Å². The monoisotopic (exact) mass is 556 g/mol. The van der Waals surface area contributed by atoms with Gasteiger partial charge in [0.05, 0.1) is 11.6 Å². The molecule has 0 spiro atoms. The number of carbonyl (C=O) groups is 1. The normalized spacial score (nSPS) is 20.4. The molecule has 2 heterocycles. The molecule has 0 aromatic heterocycles. The topological polar surface area (TPSA) is 38.8 Å². The number of amides is 1. The molecule has 9 heteroatoms. The molecule has 2 atom stereocenters. The number of piperazine rings is 1. The van der Waals surface area contributed by atoms with Crippen LogP contribution in [0.2, 0.25) is 5.02 Å². The highest BCUT2D eigenvalue weighted by Crippen LogP contribution is 2.32. The van der Waals surface area contributed by atoms with Crippen molar-refractivity contribution in [2.24, 2.45) is 0 Å². The van der Waals surface area contributed by atoms with Crippen molar-refractivity contribution in [2.45, 2.75) is 37.8 Å². The lowest BCUT2D eigenvalue weighted by Crippen LogP contribution is -2.53. The average molecular weight is 557 g/mol. The molecule has 3 aromatic carbocycles. The number of alkyl halides is 3. The van der Waals surface area contributed by atoms with Crippen molar-refractivity contribution in [3.8, 4) is 0 Å². The molecule has 0 radical (unpaired) electrons. The van der Waals surface area contributed by atoms with Gasteiger partial charge in [-0.15, -0.1) is 0 Å². The Balaban J connectivity index is 1.24. The van der Waals surface area contributed by atoms with Crippen LogP contribution in [0, 0.1) is 0 Å². The Labute approximate surface area is 232 Å². The van der Waals surface area contributed by atoms with Gasteiger partial charge in [0.1, 0.15) is 0 Å².